The van der Waals surface area contributed by atoms with Crippen molar-refractivity contribution in [2.24, 2.45) is 0 Å². The van der Waals surface area contributed by atoms with Crippen LogP contribution in [0, 0.1) is 0 Å². The van der Waals surface area contributed by atoms with Gasteiger partial charge in [-0.2, -0.15) is 0 Å². The monoisotopic (exact) mass is 423 g/mol. The lowest BCUT2D eigenvalue weighted by Gasteiger charge is -2.35. The molecule has 1 saturated heterocycles. The molecule has 28 heavy (non-hydrogen) atoms. The number of benzene rings is 1. The van der Waals surface area contributed by atoms with E-state index in [9.17, 15) is 9.90 Å². The van der Waals surface area contributed by atoms with Crippen LogP contribution in [0.4, 0.5) is 5.82 Å². The van der Waals surface area contributed by atoms with Gasteiger partial charge in [0.1, 0.15) is 6.61 Å². The number of hydrogen-bond donors (Lipinski definition) is 2. The molecule has 0 saturated carbocycles. The number of ether oxygens (including phenoxy) is 1. The van der Waals surface area contributed by atoms with Gasteiger partial charge in [-0.1, -0.05) is 29.3 Å². The fraction of sp³-hybridized carbons (Fsp3) is 0.400. The van der Waals surface area contributed by atoms with Gasteiger partial charge in [-0.05, 0) is 43.9 Å². The van der Waals surface area contributed by atoms with Crippen LogP contribution < -0.4 is 10.5 Å². The minimum atomic E-state index is -0.133. The summed E-state index contributed by atoms with van der Waals surface area (Å²) in [6.45, 7) is 0.833. The zero-order valence-electron chi connectivity index (χ0n) is 15.4. The molecule has 150 valence electrons. The smallest absolute Gasteiger partial charge is 0.255 e. The van der Waals surface area contributed by atoms with Crippen molar-refractivity contribution in [2.75, 3.05) is 18.9 Å². The van der Waals surface area contributed by atoms with Gasteiger partial charge in [0.15, 0.2) is 11.6 Å². The largest absolute Gasteiger partial charge is 0.485 e. The first kappa shape index (κ1) is 20.7. The van der Waals surface area contributed by atoms with Crippen molar-refractivity contribution < 1.29 is 14.6 Å². The number of anilines is 1. The number of rotatable bonds is 6. The average Bonchev–Trinajstić information content (AvgIpc) is 2.69. The average molecular weight is 424 g/mol. The topological polar surface area (TPSA) is 88.7 Å². The second kappa shape index (κ2) is 9.45. The quantitative estimate of drug-likeness (QED) is 0.734. The number of amides is 1. The van der Waals surface area contributed by atoms with E-state index in [1.807, 2.05) is 4.90 Å². The van der Waals surface area contributed by atoms with E-state index in [1.165, 1.54) is 6.20 Å². The molecule has 1 atom stereocenters. The van der Waals surface area contributed by atoms with E-state index in [0.29, 0.717) is 39.9 Å². The van der Waals surface area contributed by atoms with Gasteiger partial charge in [-0.25, -0.2) is 4.98 Å². The highest BCUT2D eigenvalue weighted by Gasteiger charge is 2.27. The number of aliphatic hydroxyl groups excluding tert-OH is 1. The molecule has 3 N–H and O–H groups in total. The molecule has 0 spiro atoms. The van der Waals surface area contributed by atoms with Crippen molar-refractivity contribution in [3.8, 4) is 5.75 Å². The fourth-order valence-electron chi connectivity index (χ4n) is 3.39. The number of hydrogen-bond acceptors (Lipinski definition) is 5. The van der Waals surface area contributed by atoms with Crippen LogP contribution in [0.2, 0.25) is 10.0 Å². The van der Waals surface area contributed by atoms with Crippen LogP contribution in [0.3, 0.4) is 0 Å². The predicted molar refractivity (Wildman–Crippen MR) is 110 cm³/mol. The number of carbonyl (C=O) groups is 1. The number of piperidine rings is 1. The number of nitrogens with two attached hydrogens (primary N) is 1. The van der Waals surface area contributed by atoms with Crippen molar-refractivity contribution in [3.63, 3.8) is 0 Å². The molecule has 1 aliphatic heterocycles. The summed E-state index contributed by atoms with van der Waals surface area (Å²) in [6.07, 6.45) is 4.93. The van der Waals surface area contributed by atoms with Gasteiger partial charge in [0.2, 0.25) is 0 Å². The van der Waals surface area contributed by atoms with E-state index < -0.39 is 0 Å². The maximum atomic E-state index is 13.0. The van der Waals surface area contributed by atoms with E-state index in [0.717, 1.165) is 19.3 Å². The number of nitrogen functional groups attached to an aromatic ring is 1. The highest BCUT2D eigenvalue weighted by atomic mass is 35.5. The number of likely N-dealkylation sites (tertiary alicyclic amines) is 1. The first-order chi connectivity index (χ1) is 13.5. The molecule has 1 amide bonds. The molecule has 2 heterocycles. The number of carbonyl (C=O) groups excluding carboxylic acids is 1. The van der Waals surface area contributed by atoms with Gasteiger partial charge < -0.3 is 20.5 Å². The van der Waals surface area contributed by atoms with Gasteiger partial charge in [0.25, 0.3) is 5.91 Å². The van der Waals surface area contributed by atoms with Gasteiger partial charge in [0.05, 0.1) is 5.56 Å². The molecule has 0 radical (unpaired) electrons. The fourth-order valence-corrected chi connectivity index (χ4v) is 3.90. The van der Waals surface area contributed by atoms with Crippen LogP contribution >= 0.6 is 23.2 Å². The van der Waals surface area contributed by atoms with Crippen molar-refractivity contribution in [1.29, 1.82) is 0 Å². The molecular weight excluding hydrogens is 401 g/mol. The van der Waals surface area contributed by atoms with Gasteiger partial charge in [-0.15, -0.1) is 0 Å². The van der Waals surface area contributed by atoms with Crippen LogP contribution in [-0.4, -0.2) is 40.1 Å². The highest BCUT2D eigenvalue weighted by Crippen LogP contribution is 2.29. The predicted octanol–water partition coefficient (Wildman–Crippen LogP) is 3.93. The summed E-state index contributed by atoms with van der Waals surface area (Å²) in [5.41, 5.74) is 6.97. The molecule has 8 heteroatoms. The van der Waals surface area contributed by atoms with Crippen LogP contribution in [-0.2, 0) is 6.61 Å². The Balaban J connectivity index is 1.78. The second-order valence-electron chi connectivity index (χ2n) is 6.76. The molecule has 6 nitrogen and oxygen atoms in total. The number of nitrogens with zero attached hydrogens (tertiary/aromatic N) is 2. The first-order valence-corrected chi connectivity index (χ1v) is 10.00. The van der Waals surface area contributed by atoms with Crippen molar-refractivity contribution in [2.45, 2.75) is 38.3 Å². The SMILES string of the molecule is Nc1ncc(C(=O)N2CCCCC2CCO)cc1OCc1c(Cl)cccc1Cl. The van der Waals surface area contributed by atoms with Crippen LogP contribution in [0.25, 0.3) is 0 Å². The summed E-state index contributed by atoms with van der Waals surface area (Å²) >= 11 is 12.3. The van der Waals surface area contributed by atoms with E-state index in [1.54, 1.807) is 24.3 Å². The third kappa shape index (κ3) is 4.69. The molecule has 1 aliphatic rings. The second-order valence-corrected chi connectivity index (χ2v) is 7.57. The Morgan fingerprint density at radius 1 is 1.32 bits per heavy atom. The Bertz CT molecular complexity index is 825. The third-order valence-corrected chi connectivity index (χ3v) is 5.62. The summed E-state index contributed by atoms with van der Waals surface area (Å²) in [5, 5.41) is 10.3. The van der Waals surface area contributed by atoms with Crippen molar-refractivity contribution >= 4 is 34.9 Å². The Hall–Kier alpha value is -2.02. The normalized spacial score (nSPS) is 16.8. The molecule has 0 bridgehead atoms. The molecule has 1 unspecified atom stereocenters. The van der Waals surface area contributed by atoms with E-state index in [2.05, 4.69) is 4.98 Å². The molecule has 1 fully saturated rings. The molecule has 0 aliphatic carbocycles. The zero-order chi connectivity index (χ0) is 20.1. The lowest BCUT2D eigenvalue weighted by Crippen LogP contribution is -2.44. The van der Waals surface area contributed by atoms with Crippen LogP contribution in [0.15, 0.2) is 30.5 Å². The molecular formula is C20H23Cl2N3O3. The number of pyridine rings is 1. The maximum Gasteiger partial charge on any atom is 0.255 e. The summed E-state index contributed by atoms with van der Waals surface area (Å²) < 4.78 is 5.77. The number of halogens is 2. The van der Waals surface area contributed by atoms with E-state index >= 15 is 0 Å². The van der Waals surface area contributed by atoms with Crippen molar-refractivity contribution in [1.82, 2.24) is 9.88 Å². The number of aliphatic hydroxyl groups is 1. The molecule has 2 aromatic rings. The minimum absolute atomic E-state index is 0.0371. The minimum Gasteiger partial charge on any atom is -0.485 e. The summed E-state index contributed by atoms with van der Waals surface area (Å²) in [5.74, 6) is 0.356. The van der Waals surface area contributed by atoms with Gasteiger partial charge in [-0.3, -0.25) is 4.79 Å². The first-order valence-electron chi connectivity index (χ1n) is 9.24. The van der Waals surface area contributed by atoms with Crippen LogP contribution in [0.1, 0.15) is 41.6 Å². The lowest BCUT2D eigenvalue weighted by molar-refractivity contribution is 0.0573. The van der Waals surface area contributed by atoms with E-state index in [-0.39, 0.29) is 31.0 Å². The third-order valence-electron chi connectivity index (χ3n) is 4.91. The van der Waals surface area contributed by atoms with Gasteiger partial charge >= 0.3 is 0 Å². The summed E-state index contributed by atoms with van der Waals surface area (Å²) in [7, 11) is 0. The zero-order valence-corrected chi connectivity index (χ0v) is 16.9. The standard InChI is InChI=1S/C20H23Cl2N3O3/c21-16-5-3-6-17(22)15(16)12-28-18-10-13(11-24-19(18)23)20(27)25-8-2-1-4-14(25)7-9-26/h3,5-6,10-11,14,26H,1-2,4,7-9,12H2,(H2,23,24). The molecule has 1 aromatic carbocycles. The molecule has 1 aromatic heterocycles. The van der Waals surface area contributed by atoms with E-state index in [4.69, 9.17) is 33.7 Å². The summed E-state index contributed by atoms with van der Waals surface area (Å²) in [6, 6.07) is 6.84. The van der Waals surface area contributed by atoms with Crippen molar-refractivity contribution in [3.05, 3.63) is 51.6 Å². The summed E-state index contributed by atoms with van der Waals surface area (Å²) in [4.78, 5) is 18.9. The number of aromatic nitrogens is 1. The molecule has 3 rings (SSSR count). The Kier molecular flexibility index (Phi) is 6.99. The highest BCUT2D eigenvalue weighted by molar-refractivity contribution is 6.35. The van der Waals surface area contributed by atoms with Gasteiger partial charge in [0, 0.05) is 41.0 Å². The van der Waals surface area contributed by atoms with Crippen LogP contribution in [0.5, 0.6) is 5.75 Å². The Labute approximate surface area is 174 Å². The lowest BCUT2D eigenvalue weighted by atomic mass is 9.98. The Morgan fingerprint density at radius 3 is 2.79 bits per heavy atom. The Morgan fingerprint density at radius 2 is 2.07 bits per heavy atom. The maximum absolute atomic E-state index is 13.0.